The van der Waals surface area contributed by atoms with Gasteiger partial charge in [-0.05, 0) is 12.0 Å². The first kappa shape index (κ1) is 10.8. The zero-order valence-electron chi connectivity index (χ0n) is 8.40. The highest BCUT2D eigenvalue weighted by atomic mass is 16.5. The van der Waals surface area contributed by atoms with Crippen LogP contribution in [0.15, 0.2) is 30.3 Å². The fourth-order valence-corrected chi connectivity index (χ4v) is 1.05. The number of carbonyl (C=O) groups excluding carboxylic acids is 1. The lowest BCUT2D eigenvalue weighted by atomic mass is 10.2. The molecule has 0 saturated carbocycles. The summed E-state index contributed by atoms with van der Waals surface area (Å²) in [5.41, 5.74) is 0.914. The van der Waals surface area contributed by atoms with Crippen molar-refractivity contribution >= 4 is 5.97 Å². The van der Waals surface area contributed by atoms with Crippen LogP contribution in [0, 0.1) is 6.61 Å². The van der Waals surface area contributed by atoms with Crippen LogP contribution >= 0.6 is 0 Å². The topological polar surface area (TPSA) is 26.3 Å². The van der Waals surface area contributed by atoms with Crippen molar-refractivity contribution in [3.63, 3.8) is 0 Å². The number of hydrogen-bond acceptors (Lipinski definition) is 2. The van der Waals surface area contributed by atoms with E-state index in [4.69, 9.17) is 4.74 Å². The molecule has 0 aliphatic rings. The summed E-state index contributed by atoms with van der Waals surface area (Å²) >= 11 is 0. The van der Waals surface area contributed by atoms with Gasteiger partial charge in [-0.3, -0.25) is 4.79 Å². The summed E-state index contributed by atoms with van der Waals surface area (Å²) < 4.78 is 4.97. The quantitative estimate of drug-likeness (QED) is 0.669. The minimum atomic E-state index is -0.157. The van der Waals surface area contributed by atoms with E-state index in [0.29, 0.717) is 6.42 Å². The highest BCUT2D eigenvalue weighted by Gasteiger charge is 2.02. The Labute approximate surface area is 84.9 Å². The van der Waals surface area contributed by atoms with Crippen molar-refractivity contribution in [3.8, 4) is 0 Å². The van der Waals surface area contributed by atoms with Gasteiger partial charge in [-0.2, -0.15) is 0 Å². The minimum absolute atomic E-state index is 0.157. The van der Waals surface area contributed by atoms with Crippen LogP contribution in [0.4, 0.5) is 0 Å². The average Bonchev–Trinajstić information content (AvgIpc) is 2.25. The van der Waals surface area contributed by atoms with Crippen molar-refractivity contribution in [2.75, 3.05) is 0 Å². The van der Waals surface area contributed by atoms with Gasteiger partial charge in [0.2, 0.25) is 0 Å². The lowest BCUT2D eigenvalue weighted by Crippen LogP contribution is -2.02. The number of carbonyl (C=O) groups is 1. The molecule has 0 spiro atoms. The summed E-state index contributed by atoms with van der Waals surface area (Å²) in [5.74, 6) is -0.157. The van der Waals surface area contributed by atoms with Gasteiger partial charge in [0.15, 0.2) is 6.61 Å². The maximum Gasteiger partial charge on any atom is 0.306 e. The molecule has 0 unspecified atom stereocenters. The number of hydrogen-bond donors (Lipinski definition) is 0. The predicted octanol–water partition coefficient (Wildman–Crippen LogP) is 2.93. The van der Waals surface area contributed by atoms with Gasteiger partial charge >= 0.3 is 5.97 Å². The first-order valence-electron chi connectivity index (χ1n) is 4.90. The van der Waals surface area contributed by atoms with Crippen molar-refractivity contribution < 1.29 is 9.53 Å². The molecule has 0 bridgehead atoms. The highest BCUT2D eigenvalue weighted by Crippen LogP contribution is 2.05. The lowest BCUT2D eigenvalue weighted by Gasteiger charge is -2.02. The summed E-state index contributed by atoms with van der Waals surface area (Å²) in [6.45, 7) is 3.55. The van der Waals surface area contributed by atoms with E-state index in [-0.39, 0.29) is 5.97 Å². The zero-order valence-corrected chi connectivity index (χ0v) is 8.40. The molecule has 0 saturated heterocycles. The molecule has 0 amide bonds. The smallest absolute Gasteiger partial charge is 0.306 e. The third kappa shape index (κ3) is 4.08. The first-order valence-corrected chi connectivity index (χ1v) is 4.90. The molecular weight excluding hydrogens is 176 g/mol. The zero-order chi connectivity index (χ0) is 10.2. The van der Waals surface area contributed by atoms with E-state index in [1.807, 2.05) is 37.3 Å². The molecule has 0 aliphatic heterocycles. The largest absolute Gasteiger partial charge is 0.453 e. The molecule has 75 valence electrons. The Hall–Kier alpha value is -1.31. The molecular formula is C12H15O2. The summed E-state index contributed by atoms with van der Waals surface area (Å²) in [6.07, 6.45) is 2.40. The van der Waals surface area contributed by atoms with Gasteiger partial charge in [0.25, 0.3) is 0 Å². The fraction of sp³-hybridized carbons (Fsp3) is 0.333. The Morgan fingerprint density at radius 3 is 2.71 bits per heavy atom. The minimum Gasteiger partial charge on any atom is -0.453 e. The van der Waals surface area contributed by atoms with Crippen LogP contribution in [-0.2, 0) is 9.53 Å². The van der Waals surface area contributed by atoms with Crippen LogP contribution in [0.1, 0.15) is 31.7 Å². The van der Waals surface area contributed by atoms with Crippen molar-refractivity contribution in [2.45, 2.75) is 26.2 Å². The number of unbranched alkanes of at least 4 members (excludes halogenated alkanes) is 1. The Balaban J connectivity index is 2.24. The van der Waals surface area contributed by atoms with Gasteiger partial charge in [-0.25, -0.2) is 0 Å². The van der Waals surface area contributed by atoms with Gasteiger partial charge in [0.1, 0.15) is 0 Å². The molecule has 2 heteroatoms. The second-order valence-electron chi connectivity index (χ2n) is 3.12. The van der Waals surface area contributed by atoms with Crippen molar-refractivity contribution in [2.24, 2.45) is 0 Å². The third-order valence-electron chi connectivity index (χ3n) is 1.86. The third-order valence-corrected chi connectivity index (χ3v) is 1.86. The Morgan fingerprint density at radius 1 is 1.36 bits per heavy atom. The SMILES string of the molecule is CCCCC(=O)O[CH]c1ccccc1. The van der Waals surface area contributed by atoms with Crippen LogP contribution in [0.5, 0.6) is 0 Å². The van der Waals surface area contributed by atoms with Crippen molar-refractivity contribution in [1.29, 1.82) is 0 Å². The molecule has 0 aliphatic carbocycles. The monoisotopic (exact) mass is 191 g/mol. The summed E-state index contributed by atoms with van der Waals surface area (Å²) in [4.78, 5) is 11.1. The van der Waals surface area contributed by atoms with Gasteiger partial charge in [0.05, 0.1) is 0 Å². The summed E-state index contributed by atoms with van der Waals surface area (Å²) in [7, 11) is 0. The van der Waals surface area contributed by atoms with E-state index in [1.165, 1.54) is 6.61 Å². The van der Waals surface area contributed by atoms with E-state index in [2.05, 4.69) is 0 Å². The van der Waals surface area contributed by atoms with E-state index in [1.54, 1.807) is 0 Å². The maximum absolute atomic E-state index is 11.1. The number of esters is 1. The second-order valence-corrected chi connectivity index (χ2v) is 3.12. The number of rotatable bonds is 5. The molecule has 1 radical (unpaired) electrons. The number of ether oxygens (including phenoxy) is 1. The summed E-state index contributed by atoms with van der Waals surface area (Å²) in [5, 5.41) is 0. The van der Waals surface area contributed by atoms with E-state index < -0.39 is 0 Å². The van der Waals surface area contributed by atoms with Crippen LogP contribution in [0.3, 0.4) is 0 Å². The fourth-order valence-electron chi connectivity index (χ4n) is 1.05. The van der Waals surface area contributed by atoms with E-state index in [9.17, 15) is 4.79 Å². The first-order chi connectivity index (χ1) is 6.83. The number of benzene rings is 1. The normalized spacial score (nSPS) is 9.79. The Morgan fingerprint density at radius 2 is 2.07 bits per heavy atom. The van der Waals surface area contributed by atoms with E-state index in [0.717, 1.165) is 18.4 Å². The van der Waals surface area contributed by atoms with Crippen LogP contribution < -0.4 is 0 Å². The van der Waals surface area contributed by atoms with Crippen molar-refractivity contribution in [1.82, 2.24) is 0 Å². The highest BCUT2D eigenvalue weighted by molar-refractivity contribution is 5.70. The maximum atomic E-state index is 11.1. The molecule has 0 heterocycles. The standard InChI is InChI=1S/C12H15O2/c1-2-3-9-12(13)14-10-11-7-5-4-6-8-11/h4-8,10H,2-3,9H2,1H3. The predicted molar refractivity (Wildman–Crippen MR) is 55.5 cm³/mol. The lowest BCUT2D eigenvalue weighted by molar-refractivity contribution is -0.139. The molecule has 1 aromatic carbocycles. The van der Waals surface area contributed by atoms with Crippen LogP contribution in [-0.4, -0.2) is 5.97 Å². The molecule has 0 atom stereocenters. The van der Waals surface area contributed by atoms with Gasteiger partial charge < -0.3 is 4.74 Å². The second kappa shape index (κ2) is 6.19. The molecule has 14 heavy (non-hydrogen) atoms. The molecule has 1 aromatic rings. The average molecular weight is 191 g/mol. The van der Waals surface area contributed by atoms with Crippen molar-refractivity contribution in [3.05, 3.63) is 42.5 Å². The molecule has 0 aromatic heterocycles. The Kier molecular flexibility index (Phi) is 4.76. The van der Waals surface area contributed by atoms with Gasteiger partial charge in [-0.15, -0.1) is 0 Å². The molecule has 0 N–H and O–H groups in total. The van der Waals surface area contributed by atoms with Gasteiger partial charge in [0, 0.05) is 6.42 Å². The van der Waals surface area contributed by atoms with Gasteiger partial charge in [-0.1, -0.05) is 43.7 Å². The molecule has 0 fully saturated rings. The van der Waals surface area contributed by atoms with Crippen LogP contribution in [0.25, 0.3) is 0 Å². The molecule has 2 nitrogen and oxygen atoms in total. The Bertz CT molecular complexity index is 267. The molecule has 1 rings (SSSR count). The van der Waals surface area contributed by atoms with Crippen LogP contribution in [0.2, 0.25) is 0 Å². The van der Waals surface area contributed by atoms with E-state index >= 15 is 0 Å². The summed E-state index contributed by atoms with van der Waals surface area (Å²) in [6, 6.07) is 9.54.